The molecular formula is C18H23N3O3. The number of carbonyl (C=O) groups is 1. The SMILES string of the molecule is Cc1cc(C(=O)N(Cc2ccccc2O)CC2CCCO2)nn1C. The average molecular weight is 329 g/mol. The van der Waals surface area contributed by atoms with Crippen molar-refractivity contribution in [1.82, 2.24) is 14.7 Å². The Balaban J connectivity index is 1.83. The van der Waals surface area contributed by atoms with Gasteiger partial charge in [0, 0.05) is 38.0 Å². The number of aryl methyl sites for hydroxylation is 2. The second kappa shape index (κ2) is 7.05. The molecule has 1 fully saturated rings. The maximum Gasteiger partial charge on any atom is 0.274 e. The molecule has 0 aliphatic carbocycles. The Morgan fingerprint density at radius 2 is 2.25 bits per heavy atom. The molecule has 1 saturated heterocycles. The lowest BCUT2D eigenvalue weighted by Crippen LogP contribution is -2.37. The van der Waals surface area contributed by atoms with Crippen LogP contribution in [0.3, 0.4) is 0 Å². The molecule has 24 heavy (non-hydrogen) atoms. The van der Waals surface area contributed by atoms with Crippen LogP contribution in [-0.2, 0) is 18.3 Å². The van der Waals surface area contributed by atoms with Gasteiger partial charge in [0.2, 0.25) is 0 Å². The minimum atomic E-state index is -0.141. The fourth-order valence-electron chi connectivity index (χ4n) is 2.93. The van der Waals surface area contributed by atoms with Crippen molar-refractivity contribution in [3.05, 3.63) is 47.3 Å². The van der Waals surface area contributed by atoms with E-state index in [1.165, 1.54) is 0 Å². The van der Waals surface area contributed by atoms with Crippen molar-refractivity contribution >= 4 is 5.91 Å². The quantitative estimate of drug-likeness (QED) is 0.913. The summed E-state index contributed by atoms with van der Waals surface area (Å²) in [4.78, 5) is 14.6. The minimum absolute atomic E-state index is 0.0459. The second-order valence-electron chi connectivity index (χ2n) is 6.24. The van der Waals surface area contributed by atoms with Crippen LogP contribution >= 0.6 is 0 Å². The molecule has 0 saturated carbocycles. The number of ether oxygens (including phenoxy) is 1. The zero-order valence-electron chi connectivity index (χ0n) is 14.1. The molecule has 3 rings (SSSR count). The van der Waals surface area contributed by atoms with Gasteiger partial charge in [0.05, 0.1) is 6.10 Å². The van der Waals surface area contributed by atoms with Crippen LogP contribution < -0.4 is 0 Å². The van der Waals surface area contributed by atoms with Crippen molar-refractivity contribution in [2.75, 3.05) is 13.2 Å². The number of amides is 1. The van der Waals surface area contributed by atoms with Crippen LogP contribution in [0.1, 0.15) is 34.6 Å². The number of aromatic hydroxyl groups is 1. The highest BCUT2D eigenvalue weighted by molar-refractivity contribution is 5.92. The van der Waals surface area contributed by atoms with E-state index < -0.39 is 0 Å². The molecule has 0 spiro atoms. The maximum absolute atomic E-state index is 12.9. The zero-order valence-corrected chi connectivity index (χ0v) is 14.1. The van der Waals surface area contributed by atoms with Crippen LogP contribution in [0.2, 0.25) is 0 Å². The van der Waals surface area contributed by atoms with Gasteiger partial charge in [0.15, 0.2) is 5.69 Å². The van der Waals surface area contributed by atoms with Gasteiger partial charge in [-0.15, -0.1) is 0 Å². The fraction of sp³-hybridized carbons (Fsp3) is 0.444. The fourth-order valence-corrected chi connectivity index (χ4v) is 2.93. The zero-order chi connectivity index (χ0) is 17.1. The molecule has 6 nitrogen and oxygen atoms in total. The highest BCUT2D eigenvalue weighted by atomic mass is 16.5. The smallest absolute Gasteiger partial charge is 0.274 e. The van der Waals surface area contributed by atoms with Crippen LogP contribution in [0.15, 0.2) is 30.3 Å². The Hall–Kier alpha value is -2.34. The van der Waals surface area contributed by atoms with E-state index in [1.807, 2.05) is 26.1 Å². The summed E-state index contributed by atoms with van der Waals surface area (Å²) in [6.45, 7) is 3.49. The normalized spacial score (nSPS) is 17.2. The molecule has 0 radical (unpaired) electrons. The third-order valence-electron chi connectivity index (χ3n) is 4.42. The second-order valence-corrected chi connectivity index (χ2v) is 6.24. The van der Waals surface area contributed by atoms with Crippen molar-refractivity contribution in [3.8, 4) is 5.75 Å². The molecular weight excluding hydrogens is 306 g/mol. The maximum atomic E-state index is 12.9. The molecule has 1 aliphatic heterocycles. The van der Waals surface area contributed by atoms with Crippen molar-refractivity contribution in [3.63, 3.8) is 0 Å². The Morgan fingerprint density at radius 3 is 2.88 bits per heavy atom. The van der Waals surface area contributed by atoms with Gasteiger partial charge in [-0.1, -0.05) is 18.2 Å². The average Bonchev–Trinajstić information content (AvgIpc) is 3.18. The number of para-hydroxylation sites is 1. The van der Waals surface area contributed by atoms with Crippen LogP contribution in [0, 0.1) is 6.92 Å². The summed E-state index contributed by atoms with van der Waals surface area (Å²) in [6, 6.07) is 8.88. The van der Waals surface area contributed by atoms with Crippen molar-refractivity contribution < 1.29 is 14.6 Å². The molecule has 2 heterocycles. The summed E-state index contributed by atoms with van der Waals surface area (Å²) in [5, 5.41) is 14.3. The number of phenols is 1. The molecule has 0 bridgehead atoms. The number of hydrogen-bond donors (Lipinski definition) is 1. The third kappa shape index (κ3) is 3.59. The Kier molecular flexibility index (Phi) is 4.85. The number of nitrogens with zero attached hydrogens (tertiary/aromatic N) is 3. The molecule has 1 aliphatic rings. The summed E-state index contributed by atoms with van der Waals surface area (Å²) >= 11 is 0. The molecule has 1 unspecified atom stereocenters. The van der Waals surface area contributed by atoms with Gasteiger partial charge in [0.25, 0.3) is 5.91 Å². The summed E-state index contributed by atoms with van der Waals surface area (Å²) in [5.41, 5.74) is 2.07. The molecule has 1 aromatic carbocycles. The number of carbonyl (C=O) groups excluding carboxylic acids is 1. The molecule has 128 valence electrons. The number of rotatable bonds is 5. The molecule has 1 aromatic heterocycles. The summed E-state index contributed by atoms with van der Waals surface area (Å²) in [6.07, 6.45) is 2.02. The van der Waals surface area contributed by atoms with E-state index in [0.29, 0.717) is 18.8 Å². The van der Waals surface area contributed by atoms with Gasteiger partial charge >= 0.3 is 0 Å². The summed E-state index contributed by atoms with van der Waals surface area (Å²) < 4.78 is 7.38. The first-order chi connectivity index (χ1) is 11.5. The highest BCUT2D eigenvalue weighted by Crippen LogP contribution is 2.21. The van der Waals surface area contributed by atoms with Gasteiger partial charge in [-0.2, -0.15) is 5.10 Å². The summed E-state index contributed by atoms with van der Waals surface area (Å²) in [5.74, 6) is 0.0531. The first-order valence-electron chi connectivity index (χ1n) is 8.23. The van der Waals surface area contributed by atoms with E-state index in [1.54, 1.807) is 27.8 Å². The molecule has 1 atom stereocenters. The predicted octanol–water partition coefficient (Wildman–Crippen LogP) is 2.26. The third-order valence-corrected chi connectivity index (χ3v) is 4.42. The van der Waals surface area contributed by atoms with Crippen LogP contribution in [0.5, 0.6) is 5.75 Å². The lowest BCUT2D eigenvalue weighted by Gasteiger charge is -2.25. The van der Waals surface area contributed by atoms with Crippen LogP contribution in [-0.4, -0.2) is 44.9 Å². The number of hydrogen-bond acceptors (Lipinski definition) is 4. The van der Waals surface area contributed by atoms with Gasteiger partial charge in [0.1, 0.15) is 5.75 Å². The standard InChI is InChI=1S/C18H23N3O3/c1-13-10-16(19-20(13)2)18(23)21(12-15-7-5-9-24-15)11-14-6-3-4-8-17(14)22/h3-4,6,8,10,15,22H,5,7,9,11-12H2,1-2H3. The van der Waals surface area contributed by atoms with E-state index >= 15 is 0 Å². The van der Waals surface area contributed by atoms with E-state index in [9.17, 15) is 9.90 Å². The van der Waals surface area contributed by atoms with Crippen molar-refractivity contribution in [2.24, 2.45) is 7.05 Å². The van der Waals surface area contributed by atoms with Gasteiger partial charge in [-0.25, -0.2) is 0 Å². The molecule has 1 amide bonds. The van der Waals surface area contributed by atoms with Gasteiger partial charge < -0.3 is 14.7 Å². The first-order valence-corrected chi connectivity index (χ1v) is 8.23. The molecule has 6 heteroatoms. The van der Waals surface area contributed by atoms with Gasteiger partial charge in [-0.3, -0.25) is 9.48 Å². The number of phenolic OH excluding ortho intramolecular Hbond substituents is 1. The van der Waals surface area contributed by atoms with Crippen molar-refractivity contribution in [1.29, 1.82) is 0 Å². The Morgan fingerprint density at radius 1 is 1.46 bits per heavy atom. The largest absolute Gasteiger partial charge is 0.508 e. The predicted molar refractivity (Wildman–Crippen MR) is 89.8 cm³/mol. The lowest BCUT2D eigenvalue weighted by atomic mass is 10.1. The van der Waals surface area contributed by atoms with E-state index in [4.69, 9.17) is 4.74 Å². The lowest BCUT2D eigenvalue weighted by molar-refractivity contribution is 0.0501. The van der Waals surface area contributed by atoms with Crippen molar-refractivity contribution in [2.45, 2.75) is 32.4 Å². The number of aromatic nitrogens is 2. The molecule has 1 N–H and O–H groups in total. The van der Waals surface area contributed by atoms with E-state index in [2.05, 4.69) is 5.10 Å². The van der Waals surface area contributed by atoms with E-state index in [0.717, 1.165) is 30.7 Å². The topological polar surface area (TPSA) is 67.6 Å². The number of benzene rings is 1. The van der Waals surface area contributed by atoms with E-state index in [-0.39, 0.29) is 17.8 Å². The monoisotopic (exact) mass is 329 g/mol. The van der Waals surface area contributed by atoms with Crippen LogP contribution in [0.4, 0.5) is 0 Å². The van der Waals surface area contributed by atoms with Gasteiger partial charge in [-0.05, 0) is 31.9 Å². The Labute approximate surface area is 141 Å². The molecule has 2 aromatic rings. The first kappa shape index (κ1) is 16.5. The highest BCUT2D eigenvalue weighted by Gasteiger charge is 2.25. The van der Waals surface area contributed by atoms with Crippen LogP contribution in [0.25, 0.3) is 0 Å². The Bertz CT molecular complexity index is 701. The minimum Gasteiger partial charge on any atom is -0.508 e. The summed E-state index contributed by atoms with van der Waals surface area (Å²) in [7, 11) is 1.82.